The normalized spacial score (nSPS) is 13.2. The highest BCUT2D eigenvalue weighted by Gasteiger charge is 2.52. The van der Waals surface area contributed by atoms with Crippen molar-refractivity contribution in [1.29, 1.82) is 0 Å². The summed E-state index contributed by atoms with van der Waals surface area (Å²) in [6, 6.07) is 86.6. The van der Waals surface area contributed by atoms with Crippen molar-refractivity contribution in [2.75, 3.05) is 0 Å². The maximum Gasteiger partial charge on any atom is 0.0731 e. The van der Waals surface area contributed by atoms with Crippen molar-refractivity contribution in [3.63, 3.8) is 0 Å². The molecule has 14 rings (SSSR count). The van der Waals surface area contributed by atoms with Gasteiger partial charge in [0.15, 0.2) is 0 Å². The van der Waals surface area contributed by atoms with Crippen molar-refractivity contribution in [1.82, 2.24) is 0 Å². The lowest BCUT2D eigenvalue weighted by Crippen LogP contribution is -2.26. The summed E-state index contributed by atoms with van der Waals surface area (Å²) in [5, 5.41) is 12.7. The van der Waals surface area contributed by atoms with E-state index in [0.717, 1.165) is 0 Å². The standard InChI is InChI=1S/C63H38/c1-2-17-42-38-59-56(37-41(42)16-1)55-34-32-44-35-43(31-33-47(44)62(55)63(59)57-29-11-9-22-48(57)49-23-10-12-30-58(49)63)40-19-13-20-45(36-40)60-51-24-5-7-26-53(51)61(54-27-8-6-25-52(54)60)50-28-14-18-39-15-3-4-21-46(39)50/h1-38H. The lowest BCUT2D eigenvalue weighted by molar-refractivity contribution is 0.802. The Kier molecular flexibility index (Phi) is 7.13. The molecule has 12 aromatic carbocycles. The van der Waals surface area contributed by atoms with E-state index in [1.165, 1.54) is 132 Å². The van der Waals surface area contributed by atoms with Crippen LogP contribution in [-0.2, 0) is 5.41 Å². The average molecular weight is 795 g/mol. The maximum absolute atomic E-state index is 2.48. The molecule has 0 saturated heterocycles. The van der Waals surface area contributed by atoms with Gasteiger partial charge in [-0.15, -0.1) is 0 Å². The van der Waals surface area contributed by atoms with Gasteiger partial charge in [0, 0.05) is 0 Å². The maximum atomic E-state index is 2.48. The minimum atomic E-state index is -0.427. The van der Waals surface area contributed by atoms with Gasteiger partial charge in [-0.3, -0.25) is 0 Å². The molecule has 63 heavy (non-hydrogen) atoms. The SMILES string of the molecule is c1cc(-c2ccc3c4c(ccc3c2)-c2cc3ccccc3cc2C42c3ccccc3-c3ccccc32)cc(-c2c3ccccc3c(-c3cccc4ccccc34)c3ccccc23)c1. The summed E-state index contributed by atoms with van der Waals surface area (Å²) in [4.78, 5) is 0. The van der Waals surface area contributed by atoms with Gasteiger partial charge < -0.3 is 0 Å². The van der Waals surface area contributed by atoms with E-state index in [1.807, 2.05) is 0 Å². The summed E-state index contributed by atoms with van der Waals surface area (Å²) >= 11 is 0. The fraction of sp³-hybridized carbons (Fsp3) is 0.0159. The summed E-state index contributed by atoms with van der Waals surface area (Å²) in [5.41, 5.74) is 17.9. The second-order valence-electron chi connectivity index (χ2n) is 17.5. The predicted octanol–water partition coefficient (Wildman–Crippen LogP) is 16.8. The summed E-state index contributed by atoms with van der Waals surface area (Å²) in [6.07, 6.45) is 0. The molecule has 1 spiro atoms. The zero-order chi connectivity index (χ0) is 41.2. The van der Waals surface area contributed by atoms with Gasteiger partial charge in [-0.1, -0.05) is 206 Å². The molecule has 290 valence electrons. The van der Waals surface area contributed by atoms with Gasteiger partial charge in [0.2, 0.25) is 0 Å². The van der Waals surface area contributed by atoms with Crippen LogP contribution in [0.1, 0.15) is 22.3 Å². The molecule has 0 amide bonds. The first-order valence-corrected chi connectivity index (χ1v) is 22.1. The summed E-state index contributed by atoms with van der Waals surface area (Å²) in [5.74, 6) is 0. The molecule has 0 bridgehead atoms. The van der Waals surface area contributed by atoms with E-state index in [4.69, 9.17) is 0 Å². The topological polar surface area (TPSA) is 0 Å². The van der Waals surface area contributed by atoms with Gasteiger partial charge in [-0.05, 0) is 156 Å². The van der Waals surface area contributed by atoms with Crippen LogP contribution in [0, 0.1) is 0 Å². The predicted molar refractivity (Wildman–Crippen MR) is 267 cm³/mol. The van der Waals surface area contributed by atoms with Crippen LogP contribution in [0.4, 0.5) is 0 Å². The van der Waals surface area contributed by atoms with Crippen LogP contribution in [-0.4, -0.2) is 0 Å². The molecule has 0 atom stereocenters. The van der Waals surface area contributed by atoms with Gasteiger partial charge in [-0.2, -0.15) is 0 Å². The van der Waals surface area contributed by atoms with Crippen LogP contribution < -0.4 is 0 Å². The number of rotatable bonds is 3. The highest BCUT2D eigenvalue weighted by molar-refractivity contribution is 6.23. The molecule has 2 aliphatic rings. The average Bonchev–Trinajstić information content (AvgIpc) is 3.81. The molecule has 0 unspecified atom stereocenters. The van der Waals surface area contributed by atoms with Gasteiger partial charge in [0.05, 0.1) is 5.41 Å². The highest BCUT2D eigenvalue weighted by atomic mass is 14.5. The van der Waals surface area contributed by atoms with Gasteiger partial charge in [-0.25, -0.2) is 0 Å². The number of fused-ring (bicyclic) bond motifs is 16. The number of hydrogen-bond donors (Lipinski definition) is 0. The second kappa shape index (κ2) is 13.0. The Hall–Kier alpha value is -8.06. The quantitative estimate of drug-likeness (QED) is 0.156. The lowest BCUT2D eigenvalue weighted by atomic mass is 9.69. The highest BCUT2D eigenvalue weighted by Crippen LogP contribution is 2.64. The van der Waals surface area contributed by atoms with E-state index in [9.17, 15) is 0 Å². The van der Waals surface area contributed by atoms with Crippen molar-refractivity contribution in [2.45, 2.75) is 5.41 Å². The molecular weight excluding hydrogens is 757 g/mol. The fourth-order valence-corrected chi connectivity index (χ4v) is 11.9. The Balaban J connectivity index is 0.976. The third kappa shape index (κ3) is 4.70. The van der Waals surface area contributed by atoms with Crippen molar-refractivity contribution in [3.8, 4) is 55.6 Å². The Morgan fingerprint density at radius 1 is 0.222 bits per heavy atom. The first kappa shape index (κ1) is 34.6. The Labute approximate surface area is 366 Å². The summed E-state index contributed by atoms with van der Waals surface area (Å²) < 4.78 is 0. The third-order valence-corrected chi connectivity index (χ3v) is 14.4. The third-order valence-electron chi connectivity index (χ3n) is 14.4. The minimum Gasteiger partial charge on any atom is -0.0619 e. The first-order chi connectivity index (χ1) is 31.3. The van der Waals surface area contributed by atoms with E-state index >= 15 is 0 Å². The molecule has 12 aromatic rings. The Morgan fingerprint density at radius 2 is 0.746 bits per heavy atom. The van der Waals surface area contributed by atoms with Crippen molar-refractivity contribution >= 4 is 53.9 Å². The van der Waals surface area contributed by atoms with Crippen LogP contribution >= 0.6 is 0 Å². The van der Waals surface area contributed by atoms with Gasteiger partial charge >= 0.3 is 0 Å². The van der Waals surface area contributed by atoms with E-state index in [0.29, 0.717) is 0 Å². The number of benzene rings is 12. The van der Waals surface area contributed by atoms with Crippen molar-refractivity contribution in [2.24, 2.45) is 0 Å². The summed E-state index contributed by atoms with van der Waals surface area (Å²) in [7, 11) is 0. The molecule has 0 heterocycles. The van der Waals surface area contributed by atoms with E-state index < -0.39 is 5.41 Å². The molecule has 0 fully saturated rings. The molecule has 0 aliphatic heterocycles. The molecule has 2 aliphatic carbocycles. The van der Waals surface area contributed by atoms with Crippen LogP contribution in [0.15, 0.2) is 231 Å². The minimum absolute atomic E-state index is 0.427. The molecule has 0 saturated carbocycles. The van der Waals surface area contributed by atoms with Crippen molar-refractivity contribution in [3.05, 3.63) is 253 Å². The van der Waals surface area contributed by atoms with E-state index in [2.05, 4.69) is 231 Å². The van der Waals surface area contributed by atoms with E-state index in [-0.39, 0.29) is 0 Å². The van der Waals surface area contributed by atoms with Gasteiger partial charge in [0.25, 0.3) is 0 Å². The van der Waals surface area contributed by atoms with E-state index in [1.54, 1.807) is 0 Å². The largest absolute Gasteiger partial charge is 0.0731 e. The zero-order valence-corrected chi connectivity index (χ0v) is 34.4. The molecule has 0 radical (unpaired) electrons. The second-order valence-corrected chi connectivity index (χ2v) is 17.5. The van der Waals surface area contributed by atoms with Gasteiger partial charge in [0.1, 0.15) is 0 Å². The number of hydrogen-bond acceptors (Lipinski definition) is 0. The monoisotopic (exact) mass is 794 g/mol. The lowest BCUT2D eigenvalue weighted by Gasteiger charge is -2.31. The molecule has 0 heteroatoms. The van der Waals surface area contributed by atoms with Crippen LogP contribution in [0.5, 0.6) is 0 Å². The summed E-state index contributed by atoms with van der Waals surface area (Å²) in [6.45, 7) is 0. The zero-order valence-electron chi connectivity index (χ0n) is 34.4. The molecule has 0 N–H and O–H groups in total. The molecule has 0 aromatic heterocycles. The van der Waals surface area contributed by atoms with Crippen molar-refractivity contribution < 1.29 is 0 Å². The Morgan fingerprint density at radius 3 is 1.46 bits per heavy atom. The van der Waals surface area contributed by atoms with Crippen LogP contribution in [0.2, 0.25) is 0 Å². The Bertz CT molecular complexity index is 3810. The first-order valence-electron chi connectivity index (χ1n) is 22.1. The molecular formula is C63H38. The van der Waals surface area contributed by atoms with Crippen LogP contribution in [0.3, 0.4) is 0 Å². The fourth-order valence-electron chi connectivity index (χ4n) is 11.9. The molecule has 0 nitrogen and oxygen atoms in total. The van der Waals surface area contributed by atoms with Crippen LogP contribution in [0.25, 0.3) is 109 Å². The smallest absolute Gasteiger partial charge is 0.0619 e.